The van der Waals surface area contributed by atoms with Crippen LogP contribution in [0.25, 0.3) is 11.1 Å². The van der Waals surface area contributed by atoms with Crippen molar-refractivity contribution in [1.82, 2.24) is 0 Å². The molecule has 2 aliphatic heterocycles. The van der Waals surface area contributed by atoms with Crippen LogP contribution in [0.2, 0.25) is 0 Å². The third-order valence-corrected chi connectivity index (χ3v) is 12.8. The maximum Gasteiger partial charge on any atom is 0.248 e. The van der Waals surface area contributed by atoms with Gasteiger partial charge in [-0.15, -0.1) is 0 Å². The molecule has 4 nitrogen and oxygen atoms in total. The van der Waals surface area contributed by atoms with E-state index in [0.29, 0.717) is 0 Å². The van der Waals surface area contributed by atoms with E-state index in [1.807, 2.05) is 0 Å². The lowest BCUT2D eigenvalue weighted by Gasteiger charge is -2.38. The molecule has 10 aromatic rings. The van der Waals surface area contributed by atoms with Gasteiger partial charge in [-0.25, -0.2) is 0 Å². The van der Waals surface area contributed by atoms with Crippen molar-refractivity contribution in [3.8, 4) is 11.1 Å². The van der Waals surface area contributed by atoms with Crippen LogP contribution in [0.1, 0.15) is 0 Å². The lowest BCUT2D eigenvalue weighted by Crippen LogP contribution is -2.54. The van der Waals surface area contributed by atoms with Crippen molar-refractivity contribution in [2.45, 2.75) is 0 Å². The van der Waals surface area contributed by atoms with E-state index in [9.17, 15) is 0 Å². The Kier molecular flexibility index (Phi) is 9.57. The van der Waals surface area contributed by atoms with E-state index in [2.05, 4.69) is 280 Å². The van der Waals surface area contributed by atoms with Gasteiger partial charge in [-0.3, -0.25) is 0 Å². The Bertz CT molecular complexity index is 3140. The minimum Gasteiger partial charge on any atom is -0.311 e. The molecule has 0 radical (unpaired) electrons. The molecule has 0 N–H and O–H groups in total. The summed E-state index contributed by atoms with van der Waals surface area (Å²) >= 11 is 0. The highest BCUT2D eigenvalue weighted by Gasteiger charge is 2.44. The number of hydrogen-bond acceptors (Lipinski definition) is 4. The van der Waals surface area contributed by atoms with Gasteiger partial charge in [0, 0.05) is 68.2 Å². The van der Waals surface area contributed by atoms with Gasteiger partial charge in [0.1, 0.15) is 0 Å². The Morgan fingerprint density at radius 3 is 1.03 bits per heavy atom. The molecule has 2 heterocycles. The highest BCUT2D eigenvalue weighted by Crippen LogP contribution is 2.48. The fraction of sp³-hybridized carbons (Fsp3) is 0. The summed E-state index contributed by atoms with van der Waals surface area (Å²) < 4.78 is 0. The number of para-hydroxylation sites is 7. The third kappa shape index (κ3) is 6.73. The zero-order chi connectivity index (χ0) is 43.1. The predicted octanol–water partition coefficient (Wildman–Crippen LogP) is 14.4. The lowest BCUT2D eigenvalue weighted by atomic mass is 9.37. The fourth-order valence-electron chi connectivity index (χ4n) is 10.0. The SMILES string of the molecule is c1ccc(N(c2ccccc2)c2ccc3c(c2)-c2cc(N(c4ccccc4)c4ccccc4)cc4c2B3c2ccc(N(c3ccccc3)c3ccccc3)cc2N4c2ccccc2)cc1. The molecule has 5 heteroatoms. The molecule has 0 fully saturated rings. The average Bonchev–Trinajstić information content (AvgIpc) is 3.70. The summed E-state index contributed by atoms with van der Waals surface area (Å²) in [7, 11) is 0. The Balaban J connectivity index is 1.14. The highest BCUT2D eigenvalue weighted by molar-refractivity contribution is 7.01. The summed E-state index contributed by atoms with van der Waals surface area (Å²) in [6, 6.07) is 94.3. The molecule has 0 amide bonds. The van der Waals surface area contributed by atoms with Gasteiger partial charge in [-0.2, -0.15) is 0 Å². The number of nitrogens with zero attached hydrogens (tertiary/aromatic N) is 4. The predicted molar refractivity (Wildman–Crippen MR) is 275 cm³/mol. The molecule has 0 aromatic heterocycles. The zero-order valence-electron chi connectivity index (χ0n) is 35.7. The van der Waals surface area contributed by atoms with Crippen LogP contribution in [0.5, 0.6) is 0 Å². The molecule has 12 rings (SSSR count). The summed E-state index contributed by atoms with van der Waals surface area (Å²) in [5.74, 6) is 0. The number of hydrogen-bond donors (Lipinski definition) is 0. The smallest absolute Gasteiger partial charge is 0.248 e. The van der Waals surface area contributed by atoms with Gasteiger partial charge in [-0.1, -0.05) is 145 Å². The monoisotopic (exact) mass is 830 g/mol. The number of fused-ring (bicyclic) bond motifs is 5. The second-order valence-electron chi connectivity index (χ2n) is 16.6. The first kappa shape index (κ1) is 38.2. The summed E-state index contributed by atoms with van der Waals surface area (Å²) in [6.45, 7) is 0.00724. The Hall–Kier alpha value is -8.54. The molecule has 0 saturated carbocycles. The topological polar surface area (TPSA) is 13.0 Å². The highest BCUT2D eigenvalue weighted by atomic mass is 15.2. The first-order valence-corrected chi connectivity index (χ1v) is 22.3. The van der Waals surface area contributed by atoms with Crippen LogP contribution in [0.3, 0.4) is 0 Å². The average molecular weight is 831 g/mol. The van der Waals surface area contributed by atoms with E-state index in [1.165, 1.54) is 33.2 Å². The molecule has 0 aliphatic carbocycles. The van der Waals surface area contributed by atoms with E-state index in [1.54, 1.807) is 0 Å². The van der Waals surface area contributed by atoms with Crippen LogP contribution < -0.4 is 36.0 Å². The van der Waals surface area contributed by atoms with Crippen molar-refractivity contribution in [2.24, 2.45) is 0 Å². The molecule has 0 atom stereocenters. The molecule has 0 unspecified atom stereocenters. The van der Waals surface area contributed by atoms with E-state index >= 15 is 0 Å². The molecular formula is C60H43BN4. The van der Waals surface area contributed by atoms with Crippen molar-refractivity contribution in [3.05, 3.63) is 261 Å². The van der Waals surface area contributed by atoms with Crippen molar-refractivity contribution in [1.29, 1.82) is 0 Å². The quantitative estimate of drug-likeness (QED) is 0.127. The maximum absolute atomic E-state index is 2.51. The zero-order valence-corrected chi connectivity index (χ0v) is 35.7. The summed E-state index contributed by atoms with van der Waals surface area (Å²) in [5.41, 5.74) is 19.7. The second-order valence-corrected chi connectivity index (χ2v) is 16.6. The van der Waals surface area contributed by atoms with Crippen LogP contribution in [0, 0.1) is 0 Å². The van der Waals surface area contributed by atoms with Crippen molar-refractivity contribution >= 4 is 91.3 Å². The number of benzene rings is 10. The summed E-state index contributed by atoms with van der Waals surface area (Å²) in [6.07, 6.45) is 0. The van der Waals surface area contributed by atoms with E-state index < -0.39 is 0 Å². The Labute approximate surface area is 381 Å². The summed E-state index contributed by atoms with van der Waals surface area (Å²) in [4.78, 5) is 9.64. The standard InChI is InChI=1S/C60H43BN4/c1-8-22-44(23-9-1)62(45-24-10-2-11-25-45)51-36-38-56-54(40-51)55-41-53(64(48-30-16-5-17-31-48)49-32-18-6-19-33-49)43-59-60(55)61(56)57-39-37-52(42-58(57)65(59)50-34-20-7-21-35-50)63(46-26-12-3-13-27-46)47-28-14-4-15-29-47/h1-43H. The minimum atomic E-state index is 0.00724. The summed E-state index contributed by atoms with van der Waals surface area (Å²) in [5, 5.41) is 0. The molecule has 0 bridgehead atoms. The van der Waals surface area contributed by atoms with Gasteiger partial charge >= 0.3 is 0 Å². The van der Waals surface area contributed by atoms with Gasteiger partial charge in [0.15, 0.2) is 0 Å². The van der Waals surface area contributed by atoms with Crippen LogP contribution in [0.15, 0.2) is 261 Å². The Morgan fingerprint density at radius 1 is 0.262 bits per heavy atom. The number of rotatable bonds is 10. The van der Waals surface area contributed by atoms with Crippen molar-refractivity contribution in [2.75, 3.05) is 19.6 Å². The maximum atomic E-state index is 2.51. The van der Waals surface area contributed by atoms with E-state index in [0.717, 1.165) is 62.6 Å². The normalized spacial score (nSPS) is 11.9. The molecule has 10 aromatic carbocycles. The molecular weight excluding hydrogens is 787 g/mol. The van der Waals surface area contributed by atoms with Crippen LogP contribution in [-0.2, 0) is 0 Å². The molecule has 0 spiro atoms. The van der Waals surface area contributed by atoms with Gasteiger partial charge in [0.05, 0.1) is 0 Å². The van der Waals surface area contributed by atoms with E-state index in [4.69, 9.17) is 0 Å². The molecule has 306 valence electrons. The Morgan fingerprint density at radius 2 is 0.600 bits per heavy atom. The van der Waals surface area contributed by atoms with Gasteiger partial charge < -0.3 is 19.6 Å². The van der Waals surface area contributed by atoms with Crippen LogP contribution in [-0.4, -0.2) is 6.71 Å². The van der Waals surface area contributed by atoms with Gasteiger partial charge in [0.25, 0.3) is 0 Å². The van der Waals surface area contributed by atoms with Gasteiger partial charge in [-0.05, 0) is 143 Å². The van der Waals surface area contributed by atoms with Crippen LogP contribution in [0.4, 0.5) is 68.2 Å². The number of anilines is 12. The molecule has 0 saturated heterocycles. The first-order chi connectivity index (χ1) is 32.3. The fourth-order valence-corrected chi connectivity index (χ4v) is 10.0. The minimum absolute atomic E-state index is 0.00724. The second kappa shape index (κ2) is 16.3. The molecule has 65 heavy (non-hydrogen) atoms. The lowest BCUT2D eigenvalue weighted by molar-refractivity contribution is 1.24. The van der Waals surface area contributed by atoms with E-state index in [-0.39, 0.29) is 6.71 Å². The largest absolute Gasteiger partial charge is 0.311 e. The first-order valence-electron chi connectivity index (χ1n) is 22.3. The third-order valence-electron chi connectivity index (χ3n) is 12.8. The van der Waals surface area contributed by atoms with Gasteiger partial charge in [0.2, 0.25) is 6.71 Å². The van der Waals surface area contributed by atoms with Crippen molar-refractivity contribution in [3.63, 3.8) is 0 Å². The van der Waals surface area contributed by atoms with Crippen LogP contribution >= 0.6 is 0 Å². The van der Waals surface area contributed by atoms with Crippen molar-refractivity contribution < 1.29 is 0 Å². The molecule has 2 aliphatic rings.